The van der Waals surface area contributed by atoms with Gasteiger partial charge in [0.05, 0.1) is 24.5 Å². The summed E-state index contributed by atoms with van der Waals surface area (Å²) in [6.45, 7) is 7.67. The minimum absolute atomic E-state index is 0.0559. The van der Waals surface area contributed by atoms with Crippen LogP contribution >= 0.6 is 0 Å². The van der Waals surface area contributed by atoms with Crippen LogP contribution in [0.2, 0.25) is 25.7 Å². The molecular formula is C21H29N5O4Si. The van der Waals surface area contributed by atoms with Crippen molar-refractivity contribution in [2.24, 2.45) is 7.05 Å². The number of ether oxygens (including phenoxy) is 1. The van der Waals surface area contributed by atoms with E-state index < -0.39 is 14.0 Å². The van der Waals surface area contributed by atoms with Crippen LogP contribution in [0.25, 0.3) is 22.6 Å². The Morgan fingerprint density at radius 1 is 1.32 bits per heavy atom. The van der Waals surface area contributed by atoms with Gasteiger partial charge in [0.2, 0.25) is 0 Å². The maximum atomic E-state index is 12.8. The molecule has 0 amide bonds. The second-order valence-electron chi connectivity index (χ2n) is 9.37. The van der Waals surface area contributed by atoms with E-state index in [1.165, 1.54) is 6.20 Å². The van der Waals surface area contributed by atoms with Crippen molar-refractivity contribution in [2.45, 2.75) is 58.1 Å². The van der Waals surface area contributed by atoms with Gasteiger partial charge in [-0.05, 0) is 31.7 Å². The first kappa shape index (κ1) is 21.5. The fraction of sp³-hybridized carbons (Fsp3) is 0.524. The van der Waals surface area contributed by atoms with Crippen molar-refractivity contribution >= 4 is 25.2 Å². The van der Waals surface area contributed by atoms with E-state index in [1.54, 1.807) is 22.5 Å². The predicted molar refractivity (Wildman–Crippen MR) is 119 cm³/mol. The highest BCUT2D eigenvalue weighted by Crippen LogP contribution is 2.30. The van der Waals surface area contributed by atoms with E-state index in [-0.39, 0.29) is 17.8 Å². The van der Waals surface area contributed by atoms with Gasteiger partial charge < -0.3 is 19.6 Å². The molecule has 4 rings (SSSR count). The highest BCUT2D eigenvalue weighted by atomic mass is 28.3. The summed E-state index contributed by atoms with van der Waals surface area (Å²) < 4.78 is 9.08. The summed E-state index contributed by atoms with van der Waals surface area (Å²) in [5, 5.41) is 22.5. The van der Waals surface area contributed by atoms with Gasteiger partial charge in [0.25, 0.3) is 5.69 Å². The smallest absolute Gasteiger partial charge is 0.339 e. The zero-order chi connectivity index (χ0) is 22.3. The number of carboxylic acid groups (broad SMARTS) is 1. The molecule has 1 aliphatic carbocycles. The number of carbonyl (C=O) groups is 1. The monoisotopic (exact) mass is 443 g/mol. The lowest BCUT2D eigenvalue weighted by atomic mass is 9.95. The van der Waals surface area contributed by atoms with Gasteiger partial charge >= 0.3 is 5.97 Å². The molecule has 0 bridgehead atoms. The number of nitrogens with zero attached hydrogens (tertiary/aromatic N) is 5. The third kappa shape index (κ3) is 4.09. The van der Waals surface area contributed by atoms with Gasteiger partial charge in [-0.2, -0.15) is 0 Å². The van der Waals surface area contributed by atoms with Crippen LogP contribution in [-0.4, -0.2) is 45.0 Å². The first-order chi connectivity index (χ1) is 14.7. The van der Waals surface area contributed by atoms with Gasteiger partial charge in [0.1, 0.15) is 17.8 Å². The van der Waals surface area contributed by atoms with Crippen molar-refractivity contribution in [1.82, 2.24) is 19.2 Å². The first-order valence-corrected chi connectivity index (χ1v) is 14.4. The van der Waals surface area contributed by atoms with Gasteiger partial charge in [-0.1, -0.05) is 24.5 Å². The van der Waals surface area contributed by atoms with E-state index in [9.17, 15) is 15.1 Å². The summed E-state index contributed by atoms with van der Waals surface area (Å²) in [6.07, 6.45) is 6.81. The summed E-state index contributed by atoms with van der Waals surface area (Å²) in [4.78, 5) is 21.8. The first-order valence-electron chi connectivity index (χ1n) is 10.6. The number of carboxylic acids is 1. The SMILES string of the molecule is Cn1c2c(c(-c3cnc4c(n3)c(C(=O)O)cn4COCC[Si](C)(C)C)[n+]1[O-])CCCC2. The number of aromatic carboxylic acids is 1. The fourth-order valence-corrected chi connectivity index (χ4v) is 4.85. The van der Waals surface area contributed by atoms with Crippen LogP contribution < -0.4 is 4.85 Å². The van der Waals surface area contributed by atoms with Crippen LogP contribution in [0.5, 0.6) is 0 Å². The maximum Gasteiger partial charge on any atom is 0.339 e. The Hall–Kier alpha value is -2.72. The molecular weight excluding hydrogens is 414 g/mol. The van der Waals surface area contributed by atoms with Gasteiger partial charge in [0, 0.05) is 20.9 Å². The molecule has 3 aromatic rings. The molecule has 1 N–H and O–H groups in total. The van der Waals surface area contributed by atoms with Gasteiger partial charge in [-0.25, -0.2) is 14.8 Å². The molecule has 0 fully saturated rings. The van der Waals surface area contributed by atoms with Crippen molar-refractivity contribution in [1.29, 1.82) is 0 Å². The molecule has 31 heavy (non-hydrogen) atoms. The van der Waals surface area contributed by atoms with E-state index in [0.717, 1.165) is 47.8 Å². The average Bonchev–Trinajstić information content (AvgIpc) is 3.20. The lowest BCUT2D eigenvalue weighted by Crippen LogP contribution is -2.38. The molecule has 166 valence electrons. The fourth-order valence-electron chi connectivity index (χ4n) is 4.09. The maximum absolute atomic E-state index is 12.8. The standard InChI is InChI=1S/C21H29N5O4Si/c1-24-17-8-6-5-7-14(17)19(26(24)29)16-11-22-20-18(23-16)15(21(27)28)12-25(20)13-30-9-10-31(2,3)4/h11-12H,5-10,13H2,1-4H3,(H,27,28). The Labute approximate surface area is 181 Å². The van der Waals surface area contributed by atoms with E-state index in [0.29, 0.717) is 23.6 Å². The summed E-state index contributed by atoms with van der Waals surface area (Å²) in [5.74, 6) is -1.08. The summed E-state index contributed by atoms with van der Waals surface area (Å²) in [6, 6.07) is 1.02. The second-order valence-corrected chi connectivity index (χ2v) is 15.0. The second kappa shape index (κ2) is 8.08. The molecule has 10 heteroatoms. The Morgan fingerprint density at radius 2 is 2.06 bits per heavy atom. The molecule has 0 radical (unpaired) electrons. The molecule has 0 saturated carbocycles. The summed E-state index contributed by atoms with van der Waals surface area (Å²) in [7, 11) is 0.541. The third-order valence-electron chi connectivity index (χ3n) is 5.84. The van der Waals surface area contributed by atoms with Crippen molar-refractivity contribution in [3.8, 4) is 11.4 Å². The van der Waals surface area contributed by atoms with E-state index in [2.05, 4.69) is 29.6 Å². The molecule has 0 aliphatic heterocycles. The molecule has 0 spiro atoms. The quantitative estimate of drug-likeness (QED) is 0.260. The average molecular weight is 444 g/mol. The highest BCUT2D eigenvalue weighted by Gasteiger charge is 2.30. The highest BCUT2D eigenvalue weighted by molar-refractivity contribution is 6.76. The lowest BCUT2D eigenvalue weighted by Gasteiger charge is -2.15. The number of aromatic nitrogens is 5. The van der Waals surface area contributed by atoms with Crippen LogP contribution in [0, 0.1) is 5.21 Å². The van der Waals surface area contributed by atoms with Crippen molar-refractivity contribution < 1.29 is 19.5 Å². The number of rotatable bonds is 7. The van der Waals surface area contributed by atoms with Crippen LogP contribution in [0.15, 0.2) is 12.4 Å². The van der Waals surface area contributed by atoms with Gasteiger partial charge in [-0.15, -0.1) is 4.68 Å². The Bertz CT molecular complexity index is 1150. The van der Waals surface area contributed by atoms with Crippen LogP contribution in [0.1, 0.15) is 34.5 Å². The van der Waals surface area contributed by atoms with Crippen molar-refractivity contribution in [3.63, 3.8) is 0 Å². The molecule has 0 atom stereocenters. The molecule has 3 heterocycles. The molecule has 0 saturated heterocycles. The minimum Gasteiger partial charge on any atom is -0.595 e. The van der Waals surface area contributed by atoms with Gasteiger partial charge in [0.15, 0.2) is 11.3 Å². The molecule has 0 unspecified atom stereocenters. The van der Waals surface area contributed by atoms with E-state index in [4.69, 9.17) is 4.74 Å². The van der Waals surface area contributed by atoms with Crippen LogP contribution in [0.3, 0.4) is 0 Å². The summed E-state index contributed by atoms with van der Waals surface area (Å²) >= 11 is 0. The van der Waals surface area contributed by atoms with E-state index >= 15 is 0 Å². The molecule has 1 aliphatic rings. The normalized spacial score (nSPS) is 14.2. The van der Waals surface area contributed by atoms with Gasteiger partial charge in [-0.3, -0.25) is 0 Å². The Morgan fingerprint density at radius 3 is 2.77 bits per heavy atom. The molecule has 0 aromatic carbocycles. The van der Waals surface area contributed by atoms with Crippen LogP contribution in [-0.2, 0) is 31.4 Å². The topological polar surface area (TPSA) is 109 Å². The number of hydrogen-bond donors (Lipinski definition) is 1. The summed E-state index contributed by atoms with van der Waals surface area (Å²) in [5.41, 5.74) is 3.65. The predicted octanol–water partition coefficient (Wildman–Crippen LogP) is 2.96. The zero-order valence-corrected chi connectivity index (χ0v) is 19.5. The lowest BCUT2D eigenvalue weighted by molar-refractivity contribution is -0.682. The largest absolute Gasteiger partial charge is 0.595 e. The third-order valence-corrected chi connectivity index (χ3v) is 7.55. The van der Waals surface area contributed by atoms with Crippen molar-refractivity contribution in [3.05, 3.63) is 34.4 Å². The molecule has 3 aromatic heterocycles. The Balaban J connectivity index is 1.71. The Kier molecular flexibility index (Phi) is 5.61. The molecule has 9 nitrogen and oxygen atoms in total. The zero-order valence-electron chi connectivity index (χ0n) is 18.5. The number of hydrogen-bond acceptors (Lipinski definition) is 5. The number of fused-ring (bicyclic) bond motifs is 2. The van der Waals surface area contributed by atoms with Crippen LogP contribution in [0.4, 0.5) is 0 Å². The minimum atomic E-state index is -1.21. The van der Waals surface area contributed by atoms with E-state index in [1.807, 2.05) is 0 Å². The van der Waals surface area contributed by atoms with Crippen molar-refractivity contribution in [2.75, 3.05) is 6.61 Å².